The Bertz CT molecular complexity index is 428. The van der Waals surface area contributed by atoms with Crippen molar-refractivity contribution in [3.63, 3.8) is 0 Å². The lowest BCUT2D eigenvalue weighted by molar-refractivity contribution is 0.288. The maximum atomic E-state index is 12.6. The van der Waals surface area contributed by atoms with Crippen LogP contribution in [0.25, 0.3) is 0 Å². The molecule has 1 atom stereocenters. The summed E-state index contributed by atoms with van der Waals surface area (Å²) < 4.78 is 27.1. The van der Waals surface area contributed by atoms with Crippen LogP contribution in [0.4, 0.5) is 0 Å². The van der Waals surface area contributed by atoms with Crippen molar-refractivity contribution in [2.24, 2.45) is 5.92 Å². The van der Waals surface area contributed by atoms with Crippen molar-refractivity contribution in [2.45, 2.75) is 76.3 Å². The van der Waals surface area contributed by atoms with Gasteiger partial charge in [-0.15, -0.1) is 0 Å². The summed E-state index contributed by atoms with van der Waals surface area (Å²) in [7, 11) is -3.03. The predicted octanol–water partition coefficient (Wildman–Crippen LogP) is 2.50. The number of nitrogens with zero attached hydrogens (tertiary/aromatic N) is 1. The molecule has 0 aromatic heterocycles. The van der Waals surface area contributed by atoms with Crippen molar-refractivity contribution in [1.29, 1.82) is 0 Å². The maximum absolute atomic E-state index is 12.6. The van der Waals surface area contributed by atoms with E-state index < -0.39 is 10.0 Å². The molecule has 2 aliphatic carbocycles. The highest BCUT2D eigenvalue weighted by molar-refractivity contribution is 7.89. The minimum absolute atomic E-state index is 0.321. The first-order chi connectivity index (χ1) is 10.2. The van der Waals surface area contributed by atoms with Gasteiger partial charge in [-0.1, -0.05) is 12.8 Å². The second kappa shape index (κ2) is 6.97. The molecule has 3 aliphatic rings. The van der Waals surface area contributed by atoms with Crippen LogP contribution >= 0.6 is 0 Å². The first kappa shape index (κ1) is 15.8. The molecule has 1 heterocycles. The van der Waals surface area contributed by atoms with Crippen LogP contribution in [-0.4, -0.2) is 43.6 Å². The molecule has 0 aromatic rings. The van der Waals surface area contributed by atoms with Crippen LogP contribution in [0.2, 0.25) is 0 Å². The fraction of sp³-hybridized carbons (Fsp3) is 1.00. The topological polar surface area (TPSA) is 49.4 Å². The van der Waals surface area contributed by atoms with E-state index in [0.29, 0.717) is 17.7 Å². The standard InChI is InChI=1S/C16H30N2O2S/c19-21(20,13-4-3-11-17-15-9-10-15)18-12-5-8-16(18)14-6-1-2-7-14/h14-17H,1-13H2. The summed E-state index contributed by atoms with van der Waals surface area (Å²) in [5.41, 5.74) is 0. The summed E-state index contributed by atoms with van der Waals surface area (Å²) >= 11 is 0. The van der Waals surface area contributed by atoms with E-state index in [4.69, 9.17) is 0 Å². The Balaban J connectivity index is 1.45. The van der Waals surface area contributed by atoms with E-state index >= 15 is 0 Å². The summed E-state index contributed by atoms with van der Waals surface area (Å²) in [5, 5.41) is 3.46. The lowest BCUT2D eigenvalue weighted by Gasteiger charge is -2.28. The summed E-state index contributed by atoms with van der Waals surface area (Å²) in [4.78, 5) is 0. The molecule has 1 unspecified atom stereocenters. The molecule has 3 rings (SSSR count). The molecule has 0 amide bonds. The fourth-order valence-electron chi connectivity index (χ4n) is 4.04. The zero-order chi connectivity index (χ0) is 14.7. The third kappa shape index (κ3) is 4.20. The molecule has 5 heteroatoms. The smallest absolute Gasteiger partial charge is 0.214 e. The molecule has 4 nitrogen and oxygen atoms in total. The molecular formula is C16H30N2O2S. The number of rotatable bonds is 8. The zero-order valence-electron chi connectivity index (χ0n) is 13.1. The maximum Gasteiger partial charge on any atom is 0.214 e. The molecular weight excluding hydrogens is 284 g/mol. The average Bonchev–Trinajstić information content (AvgIpc) is 2.96. The van der Waals surface area contributed by atoms with Gasteiger partial charge in [0.1, 0.15) is 0 Å². The number of unbranched alkanes of at least 4 members (excludes halogenated alkanes) is 1. The van der Waals surface area contributed by atoms with Gasteiger partial charge in [0.05, 0.1) is 5.75 Å². The van der Waals surface area contributed by atoms with E-state index in [1.54, 1.807) is 0 Å². The molecule has 0 radical (unpaired) electrons. The lowest BCUT2D eigenvalue weighted by atomic mass is 9.97. The third-order valence-corrected chi connectivity index (χ3v) is 7.36. The third-order valence-electron chi connectivity index (χ3n) is 5.39. The summed E-state index contributed by atoms with van der Waals surface area (Å²) in [6.45, 7) is 1.75. The highest BCUT2D eigenvalue weighted by atomic mass is 32.2. The molecule has 2 saturated carbocycles. The van der Waals surface area contributed by atoms with E-state index in [9.17, 15) is 8.42 Å². The second-order valence-electron chi connectivity index (χ2n) is 7.12. The van der Waals surface area contributed by atoms with Crippen LogP contribution in [-0.2, 0) is 10.0 Å². The Labute approximate surface area is 129 Å². The van der Waals surface area contributed by atoms with E-state index in [1.165, 1.54) is 38.5 Å². The van der Waals surface area contributed by atoms with Gasteiger partial charge in [-0.25, -0.2) is 8.42 Å². The van der Waals surface area contributed by atoms with Crippen molar-refractivity contribution in [1.82, 2.24) is 9.62 Å². The molecule has 1 aliphatic heterocycles. The van der Waals surface area contributed by atoms with Crippen molar-refractivity contribution in [3.8, 4) is 0 Å². The normalized spacial score (nSPS) is 28.5. The van der Waals surface area contributed by atoms with Gasteiger partial charge in [-0.3, -0.25) is 0 Å². The van der Waals surface area contributed by atoms with Gasteiger partial charge < -0.3 is 5.32 Å². The van der Waals surface area contributed by atoms with E-state index in [0.717, 1.165) is 44.8 Å². The highest BCUT2D eigenvalue weighted by Crippen LogP contribution is 2.36. The Hall–Kier alpha value is -0.130. The van der Waals surface area contributed by atoms with Crippen LogP contribution in [0.3, 0.4) is 0 Å². The summed E-state index contributed by atoms with van der Waals surface area (Å²) in [5.74, 6) is 0.988. The zero-order valence-corrected chi connectivity index (χ0v) is 13.9. The Morgan fingerprint density at radius 1 is 0.952 bits per heavy atom. The first-order valence-electron chi connectivity index (χ1n) is 8.90. The van der Waals surface area contributed by atoms with Gasteiger partial charge in [-0.05, 0) is 63.8 Å². The first-order valence-corrected chi connectivity index (χ1v) is 10.5. The molecule has 0 aromatic carbocycles. The van der Waals surface area contributed by atoms with Crippen LogP contribution in [0, 0.1) is 5.92 Å². The average molecular weight is 314 g/mol. The number of hydrogen-bond acceptors (Lipinski definition) is 3. The van der Waals surface area contributed by atoms with Gasteiger partial charge in [0.25, 0.3) is 0 Å². The van der Waals surface area contributed by atoms with Crippen LogP contribution < -0.4 is 5.32 Å². The molecule has 1 saturated heterocycles. The minimum atomic E-state index is -3.03. The van der Waals surface area contributed by atoms with Crippen LogP contribution in [0.5, 0.6) is 0 Å². The summed E-state index contributed by atoms with van der Waals surface area (Å²) in [6.07, 6.45) is 11.6. The van der Waals surface area contributed by atoms with Gasteiger partial charge in [0, 0.05) is 18.6 Å². The van der Waals surface area contributed by atoms with Gasteiger partial charge in [-0.2, -0.15) is 4.31 Å². The van der Waals surface area contributed by atoms with E-state index in [2.05, 4.69) is 5.32 Å². The van der Waals surface area contributed by atoms with E-state index in [-0.39, 0.29) is 0 Å². The van der Waals surface area contributed by atoms with Gasteiger partial charge in [0.15, 0.2) is 0 Å². The second-order valence-corrected chi connectivity index (χ2v) is 9.16. The monoisotopic (exact) mass is 314 g/mol. The minimum Gasteiger partial charge on any atom is -0.314 e. The molecule has 1 N–H and O–H groups in total. The molecule has 122 valence electrons. The van der Waals surface area contributed by atoms with Gasteiger partial charge >= 0.3 is 0 Å². The highest BCUT2D eigenvalue weighted by Gasteiger charge is 2.39. The number of nitrogens with one attached hydrogen (secondary N) is 1. The molecule has 0 spiro atoms. The van der Waals surface area contributed by atoms with Crippen molar-refractivity contribution in [2.75, 3.05) is 18.8 Å². The van der Waals surface area contributed by atoms with Crippen LogP contribution in [0.1, 0.15) is 64.2 Å². The lowest BCUT2D eigenvalue weighted by Crippen LogP contribution is -2.40. The quantitative estimate of drug-likeness (QED) is 0.700. The largest absolute Gasteiger partial charge is 0.314 e. The summed E-state index contributed by atoms with van der Waals surface area (Å²) in [6, 6.07) is 1.05. The number of hydrogen-bond donors (Lipinski definition) is 1. The Morgan fingerprint density at radius 2 is 1.71 bits per heavy atom. The molecule has 21 heavy (non-hydrogen) atoms. The van der Waals surface area contributed by atoms with Crippen LogP contribution in [0.15, 0.2) is 0 Å². The van der Waals surface area contributed by atoms with Crippen molar-refractivity contribution >= 4 is 10.0 Å². The van der Waals surface area contributed by atoms with E-state index in [1.807, 2.05) is 4.31 Å². The Morgan fingerprint density at radius 3 is 2.43 bits per heavy atom. The fourth-order valence-corrected chi connectivity index (χ4v) is 5.95. The number of sulfonamides is 1. The molecule has 3 fully saturated rings. The SMILES string of the molecule is O=S(=O)(CCCCNC1CC1)N1CCCC1C1CCCC1. The predicted molar refractivity (Wildman–Crippen MR) is 85.7 cm³/mol. The molecule has 0 bridgehead atoms. The Kier molecular flexibility index (Phi) is 5.23. The van der Waals surface area contributed by atoms with Crippen molar-refractivity contribution < 1.29 is 8.42 Å². The van der Waals surface area contributed by atoms with Gasteiger partial charge in [0.2, 0.25) is 10.0 Å². The van der Waals surface area contributed by atoms with Crippen molar-refractivity contribution in [3.05, 3.63) is 0 Å².